The summed E-state index contributed by atoms with van der Waals surface area (Å²) in [4.78, 5) is 28.1. The minimum Gasteiger partial charge on any atom is -0.497 e. The van der Waals surface area contributed by atoms with E-state index in [0.717, 1.165) is 4.68 Å². The topological polar surface area (TPSA) is 194 Å². The van der Waals surface area contributed by atoms with Crippen molar-refractivity contribution < 1.29 is 33.2 Å². The molecule has 0 bridgehead atoms. The van der Waals surface area contributed by atoms with E-state index in [-0.39, 0.29) is 23.1 Å². The van der Waals surface area contributed by atoms with E-state index in [1.807, 2.05) is 0 Å². The number of esters is 1. The van der Waals surface area contributed by atoms with E-state index >= 15 is 0 Å². The second-order valence-corrected chi connectivity index (χ2v) is 9.12. The zero-order valence-corrected chi connectivity index (χ0v) is 23.4. The Kier molecular flexibility index (Phi) is 9.18. The van der Waals surface area contributed by atoms with Crippen LogP contribution in [0.1, 0.15) is 39.0 Å². The Balaban J connectivity index is 1.32. The number of hydrogen-bond acceptors (Lipinski definition) is 14. The third kappa shape index (κ3) is 6.94. The first-order valence-corrected chi connectivity index (χ1v) is 13.3. The van der Waals surface area contributed by atoms with Crippen molar-refractivity contribution >= 4 is 23.9 Å². The molecular weight excluding hydrogens is 562 g/mol. The van der Waals surface area contributed by atoms with Gasteiger partial charge in [-0.25, -0.2) is 14.8 Å². The van der Waals surface area contributed by atoms with Crippen LogP contribution in [0.15, 0.2) is 52.2 Å². The average Bonchev–Trinajstić information content (AvgIpc) is 3.64. The number of anilines is 1. The molecule has 1 saturated heterocycles. The summed E-state index contributed by atoms with van der Waals surface area (Å²) in [6.07, 6.45) is 1.41. The number of hydrazone groups is 1. The number of methoxy groups -OCH3 is 1. The molecule has 2 aromatic carbocycles. The molecule has 3 heterocycles. The van der Waals surface area contributed by atoms with Gasteiger partial charge in [0.1, 0.15) is 11.4 Å². The summed E-state index contributed by atoms with van der Waals surface area (Å²) in [6.45, 7) is 4.96. The number of nitrogens with zero attached hydrogens (tertiary/aromatic N) is 7. The van der Waals surface area contributed by atoms with E-state index in [1.165, 1.54) is 13.3 Å². The molecule has 1 aliphatic heterocycles. The van der Waals surface area contributed by atoms with Gasteiger partial charge in [0.25, 0.3) is 5.91 Å². The van der Waals surface area contributed by atoms with Gasteiger partial charge >= 0.3 is 5.97 Å². The summed E-state index contributed by atoms with van der Waals surface area (Å²) >= 11 is 0. The maximum Gasteiger partial charge on any atom is 0.343 e. The third-order valence-electron chi connectivity index (χ3n) is 6.28. The molecule has 4 aromatic rings. The Morgan fingerprint density at radius 2 is 1.98 bits per heavy atom. The average molecular weight is 592 g/mol. The number of morpholine rings is 1. The van der Waals surface area contributed by atoms with Gasteiger partial charge in [-0.3, -0.25) is 9.69 Å². The van der Waals surface area contributed by atoms with Gasteiger partial charge in [-0.05, 0) is 59.2 Å². The molecule has 0 aliphatic carbocycles. The number of hydrogen-bond donors (Lipinski definition) is 2. The standard InChI is InChI=1S/C27H29N9O7/c1-3-41-22-13-17(7-8-21(22)42-27(38)18-5-4-6-19(14-18)39-2)15-29-31-26(37)23-20(16-35-9-11-40-12-10-35)30-34-36(23)25-24(28)32-43-33-25/h4-8,13-15H,3,9-12,16H2,1-2H3,(H2,28,32)(H,31,37)/b29-15+. The van der Waals surface area contributed by atoms with Crippen LogP contribution in [-0.2, 0) is 11.3 Å². The highest BCUT2D eigenvalue weighted by Gasteiger charge is 2.26. The van der Waals surface area contributed by atoms with Crippen LogP contribution in [-0.4, -0.2) is 88.3 Å². The van der Waals surface area contributed by atoms with Crippen LogP contribution >= 0.6 is 0 Å². The molecular formula is C27H29N9O7. The Morgan fingerprint density at radius 3 is 2.72 bits per heavy atom. The molecule has 1 aliphatic rings. The summed E-state index contributed by atoms with van der Waals surface area (Å²) < 4.78 is 27.7. The van der Waals surface area contributed by atoms with Crippen molar-refractivity contribution in [2.75, 3.05) is 45.8 Å². The number of aromatic nitrogens is 5. The van der Waals surface area contributed by atoms with E-state index in [1.54, 1.807) is 49.4 Å². The van der Waals surface area contributed by atoms with Crippen molar-refractivity contribution in [1.82, 2.24) is 35.6 Å². The zero-order chi connectivity index (χ0) is 30.2. The third-order valence-corrected chi connectivity index (χ3v) is 6.28. The molecule has 0 saturated carbocycles. The van der Waals surface area contributed by atoms with Gasteiger partial charge in [-0.15, -0.1) is 5.10 Å². The van der Waals surface area contributed by atoms with Crippen molar-refractivity contribution in [2.24, 2.45) is 5.10 Å². The largest absolute Gasteiger partial charge is 0.497 e. The van der Waals surface area contributed by atoms with Crippen LogP contribution in [0.3, 0.4) is 0 Å². The SMILES string of the molecule is CCOc1cc(/C=N/NC(=O)c2c(CN3CCOCC3)nnn2-c2nonc2N)ccc1OC(=O)c1cccc(OC)c1. The highest BCUT2D eigenvalue weighted by Crippen LogP contribution is 2.29. The summed E-state index contributed by atoms with van der Waals surface area (Å²) in [7, 11) is 1.51. The lowest BCUT2D eigenvalue weighted by Crippen LogP contribution is -2.36. The van der Waals surface area contributed by atoms with Gasteiger partial charge in [-0.1, -0.05) is 11.3 Å². The Hall–Kier alpha value is -5.35. The molecule has 16 nitrogen and oxygen atoms in total. The summed E-state index contributed by atoms with van der Waals surface area (Å²) in [5.41, 5.74) is 9.68. The number of nitrogen functional groups attached to an aromatic ring is 1. The van der Waals surface area contributed by atoms with E-state index in [4.69, 9.17) is 24.7 Å². The van der Waals surface area contributed by atoms with Crippen LogP contribution in [0.25, 0.3) is 5.82 Å². The normalized spacial score (nSPS) is 13.6. The molecule has 0 radical (unpaired) electrons. The Morgan fingerprint density at radius 1 is 1.14 bits per heavy atom. The van der Waals surface area contributed by atoms with Gasteiger partial charge in [0.15, 0.2) is 17.2 Å². The van der Waals surface area contributed by atoms with E-state index in [2.05, 4.69) is 40.7 Å². The predicted octanol–water partition coefficient (Wildman–Crippen LogP) is 1.46. The number of amides is 1. The highest BCUT2D eigenvalue weighted by atomic mass is 16.6. The summed E-state index contributed by atoms with van der Waals surface area (Å²) in [6, 6.07) is 11.5. The Bertz CT molecular complexity index is 1610. The van der Waals surface area contributed by atoms with Crippen LogP contribution in [0.2, 0.25) is 0 Å². The molecule has 2 aromatic heterocycles. The maximum absolute atomic E-state index is 13.3. The molecule has 224 valence electrons. The lowest BCUT2D eigenvalue weighted by Gasteiger charge is -2.25. The smallest absolute Gasteiger partial charge is 0.343 e. The summed E-state index contributed by atoms with van der Waals surface area (Å²) in [5.74, 6) is -0.154. The number of nitrogens with one attached hydrogen (secondary N) is 1. The van der Waals surface area contributed by atoms with Gasteiger partial charge in [-0.2, -0.15) is 9.78 Å². The summed E-state index contributed by atoms with van der Waals surface area (Å²) in [5, 5.41) is 19.6. The van der Waals surface area contributed by atoms with Crippen molar-refractivity contribution in [1.29, 1.82) is 0 Å². The van der Waals surface area contributed by atoms with Crippen LogP contribution in [0.5, 0.6) is 17.2 Å². The number of benzene rings is 2. The van der Waals surface area contributed by atoms with Crippen LogP contribution in [0, 0.1) is 0 Å². The first-order valence-electron chi connectivity index (χ1n) is 13.3. The highest BCUT2D eigenvalue weighted by molar-refractivity contribution is 5.95. The fraction of sp³-hybridized carbons (Fsp3) is 0.296. The number of nitrogens with two attached hydrogens (primary N) is 1. The molecule has 16 heteroatoms. The lowest BCUT2D eigenvalue weighted by molar-refractivity contribution is 0.0335. The minimum absolute atomic E-state index is 0.0234. The van der Waals surface area contributed by atoms with Crippen molar-refractivity contribution in [3.8, 4) is 23.1 Å². The monoisotopic (exact) mass is 591 g/mol. The molecule has 0 atom stereocenters. The minimum atomic E-state index is -0.610. The predicted molar refractivity (Wildman–Crippen MR) is 150 cm³/mol. The first-order chi connectivity index (χ1) is 21.0. The molecule has 1 fully saturated rings. The Labute approximate surface area is 245 Å². The fourth-order valence-corrected chi connectivity index (χ4v) is 4.19. The van der Waals surface area contributed by atoms with Gasteiger partial charge in [0.2, 0.25) is 11.6 Å². The molecule has 3 N–H and O–H groups in total. The van der Waals surface area contributed by atoms with Crippen molar-refractivity contribution in [2.45, 2.75) is 13.5 Å². The van der Waals surface area contributed by atoms with E-state index < -0.39 is 11.9 Å². The van der Waals surface area contributed by atoms with Crippen LogP contribution < -0.4 is 25.4 Å². The number of carbonyl (C=O) groups excluding carboxylic acids is 2. The number of rotatable bonds is 11. The zero-order valence-electron chi connectivity index (χ0n) is 23.4. The van der Waals surface area contributed by atoms with E-state index in [0.29, 0.717) is 67.8 Å². The fourth-order valence-electron chi connectivity index (χ4n) is 4.19. The molecule has 0 unspecified atom stereocenters. The van der Waals surface area contributed by atoms with Crippen molar-refractivity contribution in [3.05, 3.63) is 65.0 Å². The number of carbonyl (C=O) groups is 2. The maximum atomic E-state index is 13.3. The number of ether oxygens (including phenoxy) is 4. The second-order valence-electron chi connectivity index (χ2n) is 9.12. The first kappa shape index (κ1) is 29.2. The van der Waals surface area contributed by atoms with Gasteiger partial charge < -0.3 is 24.7 Å². The van der Waals surface area contributed by atoms with Crippen molar-refractivity contribution in [3.63, 3.8) is 0 Å². The van der Waals surface area contributed by atoms with Gasteiger partial charge in [0.05, 0.1) is 38.7 Å². The molecule has 0 spiro atoms. The van der Waals surface area contributed by atoms with E-state index in [9.17, 15) is 9.59 Å². The quantitative estimate of drug-likeness (QED) is 0.110. The lowest BCUT2D eigenvalue weighted by atomic mass is 10.2. The molecule has 43 heavy (non-hydrogen) atoms. The van der Waals surface area contributed by atoms with Crippen LogP contribution in [0.4, 0.5) is 5.82 Å². The molecule has 1 amide bonds. The second kappa shape index (κ2) is 13.5. The van der Waals surface area contributed by atoms with Gasteiger partial charge in [0, 0.05) is 19.6 Å². The molecule has 5 rings (SSSR count).